The first-order valence-corrected chi connectivity index (χ1v) is 8.79. The van der Waals surface area contributed by atoms with E-state index in [0.29, 0.717) is 0 Å². The number of nitrogens with one attached hydrogen (secondary N) is 1. The van der Waals surface area contributed by atoms with Crippen LogP contribution in [0.2, 0.25) is 0 Å². The number of hydrogen-bond donors (Lipinski definition) is 1. The monoisotopic (exact) mass is 341 g/mol. The van der Waals surface area contributed by atoms with Crippen LogP contribution < -0.4 is 5.32 Å². The Morgan fingerprint density at radius 2 is 1.76 bits per heavy atom. The Labute approximate surface area is 150 Å². The van der Waals surface area contributed by atoms with Gasteiger partial charge in [-0.25, -0.2) is 9.78 Å². The first-order chi connectivity index (χ1) is 11.9. The van der Waals surface area contributed by atoms with E-state index >= 15 is 0 Å². The second-order valence-corrected chi connectivity index (χ2v) is 7.24. The van der Waals surface area contributed by atoms with Gasteiger partial charge in [-0.3, -0.25) is 0 Å². The van der Waals surface area contributed by atoms with E-state index in [9.17, 15) is 0 Å². The summed E-state index contributed by atoms with van der Waals surface area (Å²) in [7, 11) is 0. The van der Waals surface area contributed by atoms with Gasteiger partial charge in [-0.2, -0.15) is 0 Å². The quantitative estimate of drug-likeness (QED) is 0.802. The van der Waals surface area contributed by atoms with Crippen LogP contribution >= 0.6 is 0 Å². The van der Waals surface area contributed by atoms with Crippen molar-refractivity contribution in [3.8, 4) is 0 Å². The maximum atomic E-state index is 6.25. The van der Waals surface area contributed by atoms with Crippen molar-refractivity contribution >= 4 is 5.69 Å². The van der Waals surface area contributed by atoms with Crippen molar-refractivity contribution in [1.82, 2.24) is 0 Å². The van der Waals surface area contributed by atoms with Crippen LogP contribution in [0.25, 0.3) is 0 Å². The molecule has 0 aromatic heterocycles. The van der Waals surface area contributed by atoms with Gasteiger partial charge < -0.3 is 10.1 Å². The normalized spacial score (nSPS) is 26.6. The molecule has 0 radical (unpaired) electrons. The Balaban J connectivity index is 1.93. The lowest BCUT2D eigenvalue weighted by Crippen LogP contribution is -2.54. The number of rotatable bonds is 4. The number of benzene rings is 2. The van der Waals surface area contributed by atoms with Gasteiger partial charge in [-0.05, 0) is 38.0 Å². The van der Waals surface area contributed by atoms with Gasteiger partial charge in [0, 0.05) is 11.6 Å². The van der Waals surface area contributed by atoms with Gasteiger partial charge in [0.1, 0.15) is 0 Å². The molecule has 2 aromatic carbocycles. The molecular formula is C21H27NO3. The summed E-state index contributed by atoms with van der Waals surface area (Å²) in [5.74, 6) is 0.184. The Bertz CT molecular complexity index is 716. The van der Waals surface area contributed by atoms with Crippen LogP contribution in [0.4, 0.5) is 5.69 Å². The SMILES string of the molecule is Cc1ccc(N[C@@H]2O[C@H](C(C)C)OO[C@@]2(C)c2ccccc2)c(C)c1. The first kappa shape index (κ1) is 17.9. The molecule has 0 saturated carbocycles. The van der Waals surface area contributed by atoms with E-state index < -0.39 is 11.9 Å². The molecule has 1 saturated heterocycles. The Hall–Kier alpha value is -1.88. The van der Waals surface area contributed by atoms with E-state index in [0.717, 1.165) is 11.3 Å². The van der Waals surface area contributed by atoms with Gasteiger partial charge in [0.25, 0.3) is 0 Å². The van der Waals surface area contributed by atoms with Gasteiger partial charge in [-0.15, -0.1) is 0 Å². The largest absolute Gasteiger partial charge is 0.357 e. The molecule has 0 unspecified atom stereocenters. The molecule has 0 amide bonds. The molecule has 25 heavy (non-hydrogen) atoms. The first-order valence-electron chi connectivity index (χ1n) is 8.79. The zero-order chi connectivity index (χ0) is 18.0. The molecule has 2 aromatic rings. The van der Waals surface area contributed by atoms with Crippen molar-refractivity contribution < 1.29 is 14.5 Å². The third kappa shape index (κ3) is 3.71. The standard InChI is InChI=1S/C21H27NO3/c1-14(2)19-23-20(22-18-12-11-15(3)13-16(18)4)21(5,25-24-19)17-9-7-6-8-10-17/h6-14,19-20,22H,1-5H3/t19-,20+,21-/m0/s1. The number of aryl methyl sites for hydroxylation is 2. The summed E-state index contributed by atoms with van der Waals surface area (Å²) in [6, 6.07) is 16.4. The van der Waals surface area contributed by atoms with Crippen LogP contribution in [0.15, 0.2) is 48.5 Å². The van der Waals surface area contributed by atoms with Gasteiger partial charge in [0.15, 0.2) is 18.1 Å². The van der Waals surface area contributed by atoms with Crippen molar-refractivity contribution in [2.24, 2.45) is 5.92 Å². The predicted octanol–water partition coefficient (Wildman–Crippen LogP) is 4.92. The van der Waals surface area contributed by atoms with E-state index in [1.165, 1.54) is 11.1 Å². The summed E-state index contributed by atoms with van der Waals surface area (Å²) in [5, 5.41) is 3.52. The molecule has 4 heteroatoms. The average Bonchev–Trinajstić information content (AvgIpc) is 2.59. The summed E-state index contributed by atoms with van der Waals surface area (Å²) in [4.78, 5) is 11.5. The molecule has 1 aliphatic heterocycles. The van der Waals surface area contributed by atoms with E-state index in [4.69, 9.17) is 14.5 Å². The highest BCUT2D eigenvalue weighted by atomic mass is 17.2. The minimum absolute atomic E-state index is 0.184. The van der Waals surface area contributed by atoms with E-state index in [-0.39, 0.29) is 12.1 Å². The summed E-state index contributed by atoms with van der Waals surface area (Å²) in [6.45, 7) is 10.3. The Morgan fingerprint density at radius 3 is 2.40 bits per heavy atom. The third-order valence-electron chi connectivity index (χ3n) is 4.65. The molecular weight excluding hydrogens is 314 g/mol. The molecule has 1 N–H and O–H groups in total. The van der Waals surface area contributed by atoms with Gasteiger partial charge in [0.05, 0.1) is 0 Å². The number of hydrogen-bond acceptors (Lipinski definition) is 4. The van der Waals surface area contributed by atoms with E-state index in [2.05, 4.69) is 37.4 Å². The molecule has 1 fully saturated rings. The maximum Gasteiger partial charge on any atom is 0.196 e. The molecule has 0 spiro atoms. The lowest BCUT2D eigenvalue weighted by molar-refractivity contribution is -0.494. The molecule has 0 aliphatic carbocycles. The van der Waals surface area contributed by atoms with Crippen molar-refractivity contribution in [2.45, 2.75) is 52.7 Å². The zero-order valence-electron chi connectivity index (χ0n) is 15.6. The molecule has 0 bridgehead atoms. The van der Waals surface area contributed by atoms with Crippen LogP contribution in [-0.4, -0.2) is 12.5 Å². The molecule has 4 nitrogen and oxygen atoms in total. The second kappa shape index (κ2) is 7.16. The average molecular weight is 341 g/mol. The third-order valence-corrected chi connectivity index (χ3v) is 4.65. The molecule has 134 valence electrons. The second-order valence-electron chi connectivity index (χ2n) is 7.24. The van der Waals surface area contributed by atoms with Crippen molar-refractivity contribution in [1.29, 1.82) is 0 Å². The lowest BCUT2D eigenvalue weighted by Gasteiger charge is -2.44. The topological polar surface area (TPSA) is 39.7 Å². The maximum absolute atomic E-state index is 6.25. The highest BCUT2D eigenvalue weighted by Gasteiger charge is 2.46. The Kier molecular flexibility index (Phi) is 5.13. The van der Waals surface area contributed by atoms with Crippen LogP contribution in [0.1, 0.15) is 37.5 Å². The summed E-state index contributed by atoms with van der Waals surface area (Å²) < 4.78 is 6.25. The van der Waals surface area contributed by atoms with Crippen molar-refractivity contribution in [2.75, 3.05) is 5.32 Å². The van der Waals surface area contributed by atoms with Gasteiger partial charge in [-0.1, -0.05) is 61.9 Å². The van der Waals surface area contributed by atoms with E-state index in [1.54, 1.807) is 0 Å². The van der Waals surface area contributed by atoms with Crippen molar-refractivity contribution in [3.05, 3.63) is 65.2 Å². The fourth-order valence-electron chi connectivity index (χ4n) is 3.00. The summed E-state index contributed by atoms with van der Waals surface area (Å²) in [5.41, 5.74) is 3.68. The highest BCUT2D eigenvalue weighted by molar-refractivity contribution is 5.53. The summed E-state index contributed by atoms with van der Waals surface area (Å²) >= 11 is 0. The minimum atomic E-state index is -0.760. The van der Waals surface area contributed by atoms with Crippen LogP contribution in [0.3, 0.4) is 0 Å². The van der Waals surface area contributed by atoms with E-state index in [1.807, 2.05) is 51.1 Å². The lowest BCUT2D eigenvalue weighted by atomic mass is 9.93. The van der Waals surface area contributed by atoms with Crippen LogP contribution in [0.5, 0.6) is 0 Å². The van der Waals surface area contributed by atoms with Gasteiger partial charge in [0.2, 0.25) is 0 Å². The van der Waals surface area contributed by atoms with Crippen LogP contribution in [0, 0.1) is 19.8 Å². The highest BCUT2D eigenvalue weighted by Crippen LogP contribution is 2.38. The fourth-order valence-corrected chi connectivity index (χ4v) is 3.00. The number of ether oxygens (including phenoxy) is 1. The Morgan fingerprint density at radius 1 is 1.04 bits per heavy atom. The zero-order valence-corrected chi connectivity index (χ0v) is 15.6. The fraction of sp³-hybridized carbons (Fsp3) is 0.429. The smallest absolute Gasteiger partial charge is 0.196 e. The van der Waals surface area contributed by atoms with Gasteiger partial charge >= 0.3 is 0 Å². The van der Waals surface area contributed by atoms with Crippen molar-refractivity contribution in [3.63, 3.8) is 0 Å². The van der Waals surface area contributed by atoms with Crippen LogP contribution in [-0.2, 0) is 20.1 Å². The molecule has 3 rings (SSSR count). The summed E-state index contributed by atoms with van der Waals surface area (Å²) in [6.07, 6.45) is -0.794. The molecule has 3 atom stereocenters. The number of anilines is 1. The molecule has 1 heterocycles. The predicted molar refractivity (Wildman–Crippen MR) is 99.0 cm³/mol. The molecule has 1 aliphatic rings. The minimum Gasteiger partial charge on any atom is -0.357 e.